The van der Waals surface area contributed by atoms with Crippen LogP contribution in [0.4, 0.5) is 0 Å². The number of hydrogen-bond donors (Lipinski definition) is 2. The number of allylic oxidation sites excluding steroid dienone is 2. The molecule has 2 amide bonds. The van der Waals surface area contributed by atoms with Gasteiger partial charge in [-0.1, -0.05) is 31.4 Å². The normalized spacial score (nSPS) is 23.3. The van der Waals surface area contributed by atoms with Gasteiger partial charge in [0.15, 0.2) is 0 Å². The van der Waals surface area contributed by atoms with Crippen molar-refractivity contribution in [1.82, 2.24) is 10.6 Å². The van der Waals surface area contributed by atoms with E-state index in [-0.39, 0.29) is 18.4 Å². The lowest BCUT2D eigenvalue weighted by atomic mass is 9.95. The maximum Gasteiger partial charge on any atom is 0.239 e. The van der Waals surface area contributed by atoms with E-state index < -0.39 is 0 Å². The van der Waals surface area contributed by atoms with E-state index in [9.17, 15) is 9.59 Å². The molecule has 1 atom stereocenters. The predicted molar refractivity (Wildman–Crippen MR) is 74.5 cm³/mol. The van der Waals surface area contributed by atoms with E-state index in [2.05, 4.69) is 22.8 Å². The molecular weight excluding hydrogens is 240 g/mol. The van der Waals surface area contributed by atoms with Crippen molar-refractivity contribution in [2.24, 2.45) is 5.92 Å². The minimum atomic E-state index is -0.0535. The SMILES string of the molecule is O=C(C[C@@H]1C=CCC1)NCC(=O)NC1CCCCC1. The highest BCUT2D eigenvalue weighted by Gasteiger charge is 2.17. The molecular formula is C15H24N2O2. The highest BCUT2D eigenvalue weighted by atomic mass is 16.2. The van der Waals surface area contributed by atoms with Gasteiger partial charge in [-0.3, -0.25) is 9.59 Å². The Bertz CT molecular complexity index is 346. The molecule has 1 saturated carbocycles. The van der Waals surface area contributed by atoms with Crippen LogP contribution in [-0.2, 0) is 9.59 Å². The third-order valence-corrected chi connectivity index (χ3v) is 3.98. The topological polar surface area (TPSA) is 58.2 Å². The van der Waals surface area contributed by atoms with Crippen molar-refractivity contribution in [3.8, 4) is 0 Å². The highest BCUT2D eigenvalue weighted by Crippen LogP contribution is 2.20. The molecule has 0 spiro atoms. The molecule has 2 aliphatic rings. The quantitative estimate of drug-likeness (QED) is 0.745. The molecule has 4 heteroatoms. The number of amides is 2. The van der Waals surface area contributed by atoms with Crippen LogP contribution in [0, 0.1) is 5.92 Å². The van der Waals surface area contributed by atoms with E-state index in [0.29, 0.717) is 18.4 Å². The van der Waals surface area contributed by atoms with Crippen LogP contribution < -0.4 is 10.6 Å². The third kappa shape index (κ3) is 5.05. The fourth-order valence-corrected chi connectivity index (χ4v) is 2.88. The predicted octanol–water partition coefficient (Wildman–Crippen LogP) is 1.91. The molecule has 2 N–H and O–H groups in total. The monoisotopic (exact) mass is 264 g/mol. The van der Waals surface area contributed by atoms with Gasteiger partial charge in [0.2, 0.25) is 11.8 Å². The van der Waals surface area contributed by atoms with Crippen LogP contribution in [0.25, 0.3) is 0 Å². The smallest absolute Gasteiger partial charge is 0.239 e. The number of rotatable bonds is 5. The molecule has 4 nitrogen and oxygen atoms in total. The summed E-state index contributed by atoms with van der Waals surface area (Å²) in [6.45, 7) is 0.117. The first-order chi connectivity index (χ1) is 9.24. The summed E-state index contributed by atoms with van der Waals surface area (Å²) < 4.78 is 0. The summed E-state index contributed by atoms with van der Waals surface area (Å²) in [5.41, 5.74) is 0. The number of hydrogen-bond acceptors (Lipinski definition) is 2. The Labute approximate surface area is 115 Å². The van der Waals surface area contributed by atoms with Crippen molar-refractivity contribution >= 4 is 11.8 Å². The Morgan fingerprint density at radius 3 is 2.53 bits per heavy atom. The van der Waals surface area contributed by atoms with Gasteiger partial charge in [-0.2, -0.15) is 0 Å². The maximum atomic E-state index is 11.7. The van der Waals surface area contributed by atoms with E-state index in [1.54, 1.807) is 0 Å². The van der Waals surface area contributed by atoms with Crippen LogP contribution in [0.15, 0.2) is 12.2 Å². The zero-order valence-corrected chi connectivity index (χ0v) is 11.5. The maximum absolute atomic E-state index is 11.7. The molecule has 0 saturated heterocycles. The largest absolute Gasteiger partial charge is 0.352 e. The highest BCUT2D eigenvalue weighted by molar-refractivity contribution is 5.84. The number of nitrogens with one attached hydrogen (secondary N) is 2. The first-order valence-electron chi connectivity index (χ1n) is 7.47. The molecule has 0 aliphatic heterocycles. The van der Waals surface area contributed by atoms with Crippen molar-refractivity contribution in [3.63, 3.8) is 0 Å². The van der Waals surface area contributed by atoms with Crippen LogP contribution in [0.3, 0.4) is 0 Å². The van der Waals surface area contributed by atoms with Crippen LogP contribution in [0.5, 0.6) is 0 Å². The Balaban J connectivity index is 1.59. The third-order valence-electron chi connectivity index (χ3n) is 3.98. The van der Waals surface area contributed by atoms with Crippen LogP contribution in [-0.4, -0.2) is 24.4 Å². The Hall–Kier alpha value is -1.32. The molecule has 2 rings (SSSR count). The summed E-state index contributed by atoms with van der Waals surface area (Å²) in [5.74, 6) is 0.291. The molecule has 0 aromatic heterocycles. The molecule has 0 heterocycles. The van der Waals surface area contributed by atoms with Gasteiger partial charge in [0, 0.05) is 12.5 Å². The zero-order chi connectivity index (χ0) is 13.5. The van der Waals surface area contributed by atoms with Crippen molar-refractivity contribution in [1.29, 1.82) is 0 Å². The summed E-state index contributed by atoms with van der Waals surface area (Å²) in [5, 5.41) is 5.71. The fraction of sp³-hybridized carbons (Fsp3) is 0.733. The van der Waals surface area contributed by atoms with E-state index in [1.165, 1.54) is 19.3 Å². The van der Waals surface area contributed by atoms with Crippen molar-refractivity contribution in [2.75, 3.05) is 6.54 Å². The second-order valence-corrected chi connectivity index (χ2v) is 5.65. The second-order valence-electron chi connectivity index (χ2n) is 5.65. The molecule has 0 bridgehead atoms. The number of carbonyl (C=O) groups excluding carboxylic acids is 2. The van der Waals surface area contributed by atoms with Gasteiger partial charge in [-0.15, -0.1) is 0 Å². The van der Waals surface area contributed by atoms with E-state index in [4.69, 9.17) is 0 Å². The molecule has 0 unspecified atom stereocenters. The average molecular weight is 264 g/mol. The molecule has 2 aliphatic carbocycles. The van der Waals surface area contributed by atoms with Crippen molar-refractivity contribution in [3.05, 3.63) is 12.2 Å². The lowest BCUT2D eigenvalue weighted by Crippen LogP contribution is -2.42. The fourth-order valence-electron chi connectivity index (χ4n) is 2.88. The average Bonchev–Trinajstić information content (AvgIpc) is 2.90. The molecule has 106 valence electrons. The van der Waals surface area contributed by atoms with Gasteiger partial charge in [-0.05, 0) is 31.6 Å². The van der Waals surface area contributed by atoms with E-state index in [1.807, 2.05) is 0 Å². The summed E-state index contributed by atoms with van der Waals surface area (Å²) in [7, 11) is 0. The van der Waals surface area contributed by atoms with Crippen molar-refractivity contribution in [2.45, 2.75) is 57.4 Å². The van der Waals surface area contributed by atoms with Gasteiger partial charge in [-0.25, -0.2) is 0 Å². The summed E-state index contributed by atoms with van der Waals surface area (Å²) >= 11 is 0. The molecule has 0 radical (unpaired) electrons. The van der Waals surface area contributed by atoms with Crippen LogP contribution in [0.1, 0.15) is 51.4 Å². The Kier molecular flexibility index (Phi) is 5.43. The number of carbonyl (C=O) groups is 2. The summed E-state index contributed by atoms with van der Waals surface area (Å²) in [6, 6.07) is 0.316. The molecule has 0 aromatic carbocycles. The lowest BCUT2D eigenvalue weighted by molar-refractivity contribution is -0.126. The lowest BCUT2D eigenvalue weighted by Gasteiger charge is -2.22. The van der Waals surface area contributed by atoms with E-state index in [0.717, 1.165) is 25.7 Å². The second kappa shape index (κ2) is 7.31. The molecule has 1 fully saturated rings. The molecule has 19 heavy (non-hydrogen) atoms. The Morgan fingerprint density at radius 2 is 1.84 bits per heavy atom. The molecule has 0 aromatic rings. The standard InChI is InChI=1S/C15H24N2O2/c18-14(10-12-6-4-5-7-12)16-11-15(19)17-13-8-2-1-3-9-13/h4,6,12-13H,1-3,5,7-11H2,(H,16,18)(H,17,19)/t12-/m1/s1. The first-order valence-corrected chi connectivity index (χ1v) is 7.47. The van der Waals surface area contributed by atoms with Gasteiger partial charge >= 0.3 is 0 Å². The van der Waals surface area contributed by atoms with Crippen molar-refractivity contribution < 1.29 is 9.59 Å². The minimum Gasteiger partial charge on any atom is -0.352 e. The summed E-state index contributed by atoms with van der Waals surface area (Å²) in [6.07, 6.45) is 12.7. The Morgan fingerprint density at radius 1 is 1.05 bits per heavy atom. The van der Waals surface area contributed by atoms with Gasteiger partial charge in [0.25, 0.3) is 0 Å². The van der Waals surface area contributed by atoms with Crippen LogP contribution >= 0.6 is 0 Å². The van der Waals surface area contributed by atoms with E-state index >= 15 is 0 Å². The van der Waals surface area contributed by atoms with Gasteiger partial charge in [0.05, 0.1) is 6.54 Å². The van der Waals surface area contributed by atoms with Gasteiger partial charge < -0.3 is 10.6 Å². The zero-order valence-electron chi connectivity index (χ0n) is 11.5. The van der Waals surface area contributed by atoms with Crippen LogP contribution in [0.2, 0.25) is 0 Å². The minimum absolute atomic E-state index is 0.0182. The summed E-state index contributed by atoms with van der Waals surface area (Å²) in [4.78, 5) is 23.4. The van der Waals surface area contributed by atoms with Gasteiger partial charge in [0.1, 0.15) is 0 Å². The first kappa shape index (κ1) is 14.1.